The van der Waals surface area contributed by atoms with Crippen molar-refractivity contribution in [3.05, 3.63) is 82.4 Å². The van der Waals surface area contributed by atoms with Gasteiger partial charge in [0.15, 0.2) is 16.9 Å². The van der Waals surface area contributed by atoms with Gasteiger partial charge in [0.05, 0.1) is 17.5 Å². The number of hydrogen-bond acceptors (Lipinski definition) is 6. The second-order valence-electron chi connectivity index (χ2n) is 6.31. The molecule has 2 heterocycles. The Balaban J connectivity index is 1.47. The number of thioether (sulfide) groups is 1. The van der Waals surface area contributed by atoms with Crippen molar-refractivity contribution in [1.82, 2.24) is 14.5 Å². The fraction of sp³-hybridized carbons (Fsp3) is 0.0909. The predicted molar refractivity (Wildman–Crippen MR) is 120 cm³/mol. The van der Waals surface area contributed by atoms with Crippen LogP contribution in [0.5, 0.6) is 0 Å². The van der Waals surface area contributed by atoms with Gasteiger partial charge in [0.2, 0.25) is 0 Å². The first-order chi connectivity index (χ1) is 14.7. The van der Waals surface area contributed by atoms with Crippen LogP contribution in [0.3, 0.4) is 0 Å². The number of carbonyl (C=O) groups is 1. The SMILES string of the molecule is N#CC(C(=O)CSc1nccn1-c1cccc(Cl)c1)c1nc(-c2ccccc2)cs1. The molecular weight excluding hydrogens is 436 g/mol. The lowest BCUT2D eigenvalue weighted by Gasteiger charge is -2.08. The minimum absolute atomic E-state index is 0.121. The van der Waals surface area contributed by atoms with Crippen LogP contribution in [0.4, 0.5) is 0 Å². The summed E-state index contributed by atoms with van der Waals surface area (Å²) in [6, 6.07) is 19.2. The van der Waals surface area contributed by atoms with Crippen molar-refractivity contribution in [2.45, 2.75) is 11.1 Å². The van der Waals surface area contributed by atoms with E-state index in [0.29, 0.717) is 15.2 Å². The van der Waals surface area contributed by atoms with Crippen LogP contribution in [0.2, 0.25) is 5.02 Å². The van der Waals surface area contributed by atoms with Gasteiger partial charge in [-0.2, -0.15) is 5.26 Å². The van der Waals surface area contributed by atoms with E-state index in [9.17, 15) is 10.1 Å². The van der Waals surface area contributed by atoms with Crippen LogP contribution in [0.15, 0.2) is 77.5 Å². The number of thiazole rings is 1. The number of halogens is 1. The first-order valence-electron chi connectivity index (χ1n) is 9.01. The molecule has 0 bridgehead atoms. The molecule has 4 aromatic rings. The summed E-state index contributed by atoms with van der Waals surface area (Å²) < 4.78 is 1.86. The normalized spacial score (nSPS) is 11.7. The summed E-state index contributed by atoms with van der Waals surface area (Å²) >= 11 is 8.70. The van der Waals surface area contributed by atoms with E-state index in [1.807, 2.05) is 64.7 Å². The van der Waals surface area contributed by atoms with Gasteiger partial charge >= 0.3 is 0 Å². The number of aromatic nitrogens is 3. The van der Waals surface area contributed by atoms with Gasteiger partial charge in [0.1, 0.15) is 5.01 Å². The predicted octanol–water partition coefficient (Wildman–Crippen LogP) is 5.62. The minimum atomic E-state index is -0.894. The molecule has 0 amide bonds. The van der Waals surface area contributed by atoms with Crippen molar-refractivity contribution in [3.63, 3.8) is 0 Å². The van der Waals surface area contributed by atoms with Crippen molar-refractivity contribution in [2.24, 2.45) is 0 Å². The molecule has 0 radical (unpaired) electrons. The standard InChI is InChI=1S/C22H15ClN4OS2/c23-16-7-4-8-17(11-16)27-10-9-25-22(27)30-14-20(28)18(12-24)21-26-19(13-29-21)15-5-2-1-3-6-15/h1-11,13,18H,14H2. The summed E-state index contributed by atoms with van der Waals surface area (Å²) in [6.45, 7) is 0. The Kier molecular flexibility index (Phi) is 6.29. The molecule has 1 atom stereocenters. The lowest BCUT2D eigenvalue weighted by Crippen LogP contribution is -2.13. The number of ketones is 1. The van der Waals surface area contributed by atoms with Crippen LogP contribution in [0.25, 0.3) is 16.9 Å². The number of nitriles is 1. The third-order valence-electron chi connectivity index (χ3n) is 4.33. The number of Topliss-reactive ketones (excluding diaryl/α,β-unsaturated/α-hetero) is 1. The van der Waals surface area contributed by atoms with E-state index >= 15 is 0 Å². The molecule has 8 heteroatoms. The molecule has 5 nitrogen and oxygen atoms in total. The summed E-state index contributed by atoms with van der Waals surface area (Å²) in [5.41, 5.74) is 2.59. The summed E-state index contributed by atoms with van der Waals surface area (Å²) in [6.07, 6.45) is 3.48. The van der Waals surface area contributed by atoms with Crippen LogP contribution in [0, 0.1) is 11.3 Å². The molecule has 0 aliphatic heterocycles. The molecule has 0 fully saturated rings. The highest BCUT2D eigenvalue weighted by Gasteiger charge is 2.24. The molecule has 1 unspecified atom stereocenters. The Bertz CT molecular complexity index is 1210. The Morgan fingerprint density at radius 3 is 2.83 bits per heavy atom. The van der Waals surface area contributed by atoms with Gasteiger partial charge in [0.25, 0.3) is 0 Å². The molecule has 0 aliphatic carbocycles. The van der Waals surface area contributed by atoms with Crippen LogP contribution in [0.1, 0.15) is 10.9 Å². The van der Waals surface area contributed by atoms with Crippen LogP contribution in [-0.2, 0) is 4.79 Å². The highest BCUT2D eigenvalue weighted by atomic mass is 35.5. The first kappa shape index (κ1) is 20.4. The van der Waals surface area contributed by atoms with Crippen LogP contribution < -0.4 is 0 Å². The van der Waals surface area contributed by atoms with Crippen molar-refractivity contribution in [2.75, 3.05) is 5.75 Å². The average molecular weight is 451 g/mol. The van der Waals surface area contributed by atoms with E-state index in [1.165, 1.54) is 23.1 Å². The fourth-order valence-corrected chi connectivity index (χ4v) is 4.82. The highest BCUT2D eigenvalue weighted by molar-refractivity contribution is 7.99. The molecule has 0 aliphatic rings. The highest BCUT2D eigenvalue weighted by Crippen LogP contribution is 2.29. The third kappa shape index (κ3) is 4.46. The van der Waals surface area contributed by atoms with E-state index < -0.39 is 5.92 Å². The molecule has 0 saturated carbocycles. The van der Waals surface area contributed by atoms with Crippen molar-refractivity contribution >= 4 is 40.5 Å². The topological polar surface area (TPSA) is 71.6 Å². The quantitative estimate of drug-likeness (QED) is 0.342. The number of rotatable bonds is 7. The maximum absolute atomic E-state index is 12.8. The van der Waals surface area contributed by atoms with E-state index in [0.717, 1.165) is 16.9 Å². The summed E-state index contributed by atoms with van der Waals surface area (Å²) in [4.78, 5) is 21.6. The second-order valence-corrected chi connectivity index (χ2v) is 8.58. The third-order valence-corrected chi connectivity index (χ3v) is 6.46. The van der Waals surface area contributed by atoms with Crippen molar-refractivity contribution < 1.29 is 4.79 Å². The Morgan fingerprint density at radius 1 is 1.23 bits per heavy atom. The Hall–Kier alpha value is -2.92. The lowest BCUT2D eigenvalue weighted by molar-refractivity contribution is -0.116. The maximum Gasteiger partial charge on any atom is 0.173 e. The monoisotopic (exact) mass is 450 g/mol. The Labute approximate surface area is 187 Å². The van der Waals surface area contributed by atoms with Crippen molar-refractivity contribution in [3.8, 4) is 23.0 Å². The van der Waals surface area contributed by atoms with Gasteiger partial charge in [-0.25, -0.2) is 9.97 Å². The zero-order valence-corrected chi connectivity index (χ0v) is 18.0. The van der Waals surface area contributed by atoms with Gasteiger partial charge < -0.3 is 0 Å². The largest absolute Gasteiger partial charge is 0.297 e. The number of imidazole rings is 1. The van der Waals surface area contributed by atoms with Crippen LogP contribution in [-0.4, -0.2) is 26.1 Å². The van der Waals surface area contributed by atoms with Crippen LogP contribution >= 0.6 is 34.7 Å². The minimum Gasteiger partial charge on any atom is -0.297 e. The lowest BCUT2D eigenvalue weighted by atomic mass is 10.1. The molecular formula is C22H15ClN4OS2. The second kappa shape index (κ2) is 9.26. The summed E-state index contributed by atoms with van der Waals surface area (Å²) in [5, 5.41) is 13.3. The van der Waals surface area contributed by atoms with Gasteiger partial charge in [-0.15, -0.1) is 11.3 Å². The van der Waals surface area contributed by atoms with Gasteiger partial charge in [-0.05, 0) is 18.2 Å². The molecule has 0 spiro atoms. The van der Waals surface area contributed by atoms with E-state index in [1.54, 1.807) is 12.3 Å². The van der Waals surface area contributed by atoms with Crippen molar-refractivity contribution in [1.29, 1.82) is 5.26 Å². The summed E-state index contributed by atoms with van der Waals surface area (Å²) in [5.74, 6) is -0.970. The smallest absolute Gasteiger partial charge is 0.173 e. The number of nitrogens with zero attached hydrogens (tertiary/aromatic N) is 4. The summed E-state index contributed by atoms with van der Waals surface area (Å²) in [7, 11) is 0. The van der Waals surface area contributed by atoms with Gasteiger partial charge in [0, 0.05) is 34.0 Å². The maximum atomic E-state index is 12.8. The number of carbonyl (C=O) groups excluding carboxylic acids is 1. The average Bonchev–Trinajstić information content (AvgIpc) is 3.43. The molecule has 0 N–H and O–H groups in total. The number of hydrogen-bond donors (Lipinski definition) is 0. The molecule has 30 heavy (non-hydrogen) atoms. The zero-order chi connectivity index (χ0) is 20.9. The zero-order valence-electron chi connectivity index (χ0n) is 15.6. The molecule has 0 saturated heterocycles. The molecule has 4 rings (SSSR count). The fourth-order valence-electron chi connectivity index (χ4n) is 2.86. The number of benzene rings is 2. The molecule has 2 aromatic heterocycles. The van der Waals surface area contributed by atoms with E-state index in [-0.39, 0.29) is 11.5 Å². The molecule has 148 valence electrons. The first-order valence-corrected chi connectivity index (χ1v) is 11.3. The van der Waals surface area contributed by atoms with E-state index in [4.69, 9.17) is 11.6 Å². The van der Waals surface area contributed by atoms with E-state index in [2.05, 4.69) is 16.0 Å². The van der Waals surface area contributed by atoms with Gasteiger partial charge in [-0.1, -0.05) is 59.8 Å². The molecule has 2 aromatic carbocycles. The Morgan fingerprint density at radius 2 is 2.07 bits per heavy atom. The van der Waals surface area contributed by atoms with Gasteiger partial charge in [-0.3, -0.25) is 9.36 Å².